The van der Waals surface area contributed by atoms with Gasteiger partial charge in [-0.2, -0.15) is 8.42 Å². The maximum Gasteiger partial charge on any atom is 0.339 e. The fourth-order valence-corrected chi connectivity index (χ4v) is 2.64. The minimum Gasteiger partial charge on any atom is -0.465 e. The quantitative estimate of drug-likeness (QED) is 0.358. The number of isocyanates is 1. The Hall–Kier alpha value is -1.63. The summed E-state index contributed by atoms with van der Waals surface area (Å²) in [7, 11) is -3.11. The summed E-state index contributed by atoms with van der Waals surface area (Å²) in [6, 6.07) is 4.14. The summed E-state index contributed by atoms with van der Waals surface area (Å²) >= 11 is 1.29. The van der Waals surface area contributed by atoms with Gasteiger partial charge in [-0.3, -0.25) is 0 Å². The number of ether oxygens (including phenoxy) is 1. The molecule has 0 spiro atoms. The van der Waals surface area contributed by atoms with Gasteiger partial charge in [0.1, 0.15) is 4.90 Å². The Morgan fingerprint density at radius 3 is 2.61 bits per heavy atom. The van der Waals surface area contributed by atoms with E-state index in [2.05, 4.69) is 9.13 Å². The number of hydrogen-bond acceptors (Lipinski definition) is 6. The van der Waals surface area contributed by atoms with E-state index in [1.54, 1.807) is 12.3 Å². The molecule has 0 amide bonds. The summed E-state index contributed by atoms with van der Waals surface area (Å²) in [5, 5.41) is 0. The molecule has 0 saturated carbocycles. The second-order valence-electron chi connectivity index (χ2n) is 3.01. The highest BCUT2D eigenvalue weighted by Crippen LogP contribution is 2.25. The van der Waals surface area contributed by atoms with E-state index < -0.39 is 16.0 Å². The Kier molecular flexibility index (Phi) is 4.66. The highest BCUT2D eigenvalue weighted by Gasteiger charge is 2.23. The third-order valence-electron chi connectivity index (χ3n) is 2.03. The molecule has 96 valence electrons. The van der Waals surface area contributed by atoms with Crippen molar-refractivity contribution in [1.82, 2.24) is 0 Å². The first-order valence-corrected chi connectivity index (χ1v) is 7.23. The molecule has 1 aromatic carbocycles. The van der Waals surface area contributed by atoms with Crippen molar-refractivity contribution in [3.8, 4) is 0 Å². The predicted octanol–water partition coefficient (Wildman–Crippen LogP) is 1.22. The zero-order valence-electron chi connectivity index (χ0n) is 9.54. The van der Waals surface area contributed by atoms with Crippen LogP contribution >= 0.6 is 11.8 Å². The van der Waals surface area contributed by atoms with Crippen molar-refractivity contribution in [2.24, 2.45) is 4.40 Å². The van der Waals surface area contributed by atoms with Crippen molar-refractivity contribution in [1.29, 1.82) is 0 Å². The molecular weight excluding hydrogens is 278 g/mol. The van der Waals surface area contributed by atoms with E-state index in [0.717, 1.165) is 13.2 Å². The van der Waals surface area contributed by atoms with E-state index in [1.165, 1.54) is 23.9 Å². The molecule has 0 aliphatic rings. The summed E-state index contributed by atoms with van der Waals surface area (Å²) in [4.78, 5) is 21.8. The average Bonchev–Trinajstić information content (AvgIpc) is 2.37. The first-order valence-electron chi connectivity index (χ1n) is 4.56. The summed E-state index contributed by atoms with van der Waals surface area (Å²) < 4.78 is 30.6. The number of methoxy groups -OCH3 is 1. The Balaban J connectivity index is 3.56. The van der Waals surface area contributed by atoms with Gasteiger partial charge in [-0.05, 0) is 24.5 Å². The third kappa shape index (κ3) is 2.98. The van der Waals surface area contributed by atoms with E-state index in [0.29, 0.717) is 4.90 Å². The Labute approximate surface area is 108 Å². The fraction of sp³-hybridized carbons (Fsp3) is 0.200. The first-order chi connectivity index (χ1) is 8.46. The summed E-state index contributed by atoms with van der Waals surface area (Å²) in [5.74, 6) is -0.817. The zero-order chi connectivity index (χ0) is 13.8. The molecule has 0 N–H and O–H groups in total. The molecule has 18 heavy (non-hydrogen) atoms. The van der Waals surface area contributed by atoms with E-state index in [4.69, 9.17) is 0 Å². The molecule has 0 aliphatic carbocycles. The number of thioether (sulfide) groups is 1. The van der Waals surface area contributed by atoms with E-state index in [1.807, 2.05) is 0 Å². The van der Waals surface area contributed by atoms with Gasteiger partial charge >= 0.3 is 5.97 Å². The van der Waals surface area contributed by atoms with Gasteiger partial charge < -0.3 is 4.74 Å². The molecule has 0 aromatic heterocycles. The van der Waals surface area contributed by atoms with Crippen LogP contribution in [0, 0.1) is 0 Å². The summed E-state index contributed by atoms with van der Waals surface area (Å²) in [6.45, 7) is 0. The lowest BCUT2D eigenvalue weighted by Gasteiger charge is -2.06. The smallest absolute Gasteiger partial charge is 0.339 e. The third-order valence-corrected chi connectivity index (χ3v) is 3.96. The lowest BCUT2D eigenvalue weighted by Crippen LogP contribution is -2.09. The Morgan fingerprint density at radius 2 is 2.11 bits per heavy atom. The fourth-order valence-electron chi connectivity index (χ4n) is 1.22. The van der Waals surface area contributed by atoms with Crippen molar-refractivity contribution in [2.45, 2.75) is 9.79 Å². The van der Waals surface area contributed by atoms with Crippen LogP contribution in [0.5, 0.6) is 0 Å². The normalized spacial score (nSPS) is 10.6. The number of carbonyl (C=O) groups excluding carboxylic acids is 2. The first kappa shape index (κ1) is 14.4. The molecule has 1 rings (SSSR count). The minimum absolute atomic E-state index is 0.172. The van der Waals surface area contributed by atoms with Gasteiger partial charge in [0.15, 0.2) is 0 Å². The van der Waals surface area contributed by atoms with E-state index in [9.17, 15) is 18.0 Å². The van der Waals surface area contributed by atoms with Crippen LogP contribution in [0.1, 0.15) is 10.4 Å². The standard InChI is InChI=1S/C10H9NO5S2/c1-16-10(13)8-4-3-7(17-2)5-9(8)18(14,15)11-6-12/h3-5H,1-2H3. The van der Waals surface area contributed by atoms with Crippen LogP contribution in [0.3, 0.4) is 0 Å². The molecule has 8 heteroatoms. The van der Waals surface area contributed by atoms with Gasteiger partial charge in [-0.15, -0.1) is 11.8 Å². The molecule has 6 nitrogen and oxygen atoms in total. The van der Waals surface area contributed by atoms with Crippen molar-refractivity contribution < 1.29 is 22.7 Å². The molecule has 0 aliphatic heterocycles. The summed E-state index contributed by atoms with van der Waals surface area (Å²) in [6.07, 6.45) is 2.70. The van der Waals surface area contributed by atoms with E-state index in [-0.39, 0.29) is 10.5 Å². The van der Waals surface area contributed by atoms with Gasteiger partial charge in [0, 0.05) is 4.90 Å². The molecule has 0 bridgehead atoms. The molecular formula is C10H9NO5S2. The van der Waals surface area contributed by atoms with Gasteiger partial charge in [0.2, 0.25) is 0 Å². The lowest BCUT2D eigenvalue weighted by molar-refractivity contribution is 0.0596. The second-order valence-corrected chi connectivity index (χ2v) is 5.46. The highest BCUT2D eigenvalue weighted by molar-refractivity contribution is 7.98. The number of carbonyl (C=O) groups is 1. The Morgan fingerprint density at radius 1 is 1.44 bits per heavy atom. The number of rotatable bonds is 4. The van der Waals surface area contributed by atoms with Crippen molar-refractivity contribution in [2.75, 3.05) is 13.4 Å². The molecule has 0 fully saturated rings. The van der Waals surface area contributed by atoms with Crippen molar-refractivity contribution >= 4 is 33.8 Å². The molecule has 0 heterocycles. The van der Waals surface area contributed by atoms with Crippen LogP contribution in [-0.4, -0.2) is 33.8 Å². The topological polar surface area (TPSA) is 89.9 Å². The number of hydrogen-bond donors (Lipinski definition) is 0. The molecule has 0 radical (unpaired) electrons. The number of nitrogens with zero attached hydrogens (tertiary/aromatic N) is 1. The van der Waals surface area contributed by atoms with Crippen molar-refractivity contribution in [3.63, 3.8) is 0 Å². The van der Waals surface area contributed by atoms with Crippen LogP contribution in [0.2, 0.25) is 0 Å². The zero-order valence-corrected chi connectivity index (χ0v) is 11.2. The summed E-state index contributed by atoms with van der Waals surface area (Å²) in [5.41, 5.74) is -0.172. The number of benzene rings is 1. The number of esters is 1. The molecule has 0 atom stereocenters. The largest absolute Gasteiger partial charge is 0.465 e. The SMILES string of the molecule is COC(=O)c1ccc(SC)cc1S(=O)(=O)N=C=O. The van der Waals surface area contributed by atoms with Crippen LogP contribution in [0.25, 0.3) is 0 Å². The highest BCUT2D eigenvalue weighted by atomic mass is 32.2. The predicted molar refractivity (Wildman–Crippen MR) is 64.9 cm³/mol. The average molecular weight is 287 g/mol. The maximum atomic E-state index is 11.7. The van der Waals surface area contributed by atoms with Crippen molar-refractivity contribution in [3.05, 3.63) is 23.8 Å². The molecule has 0 unspecified atom stereocenters. The number of sulfonamides is 1. The lowest BCUT2D eigenvalue weighted by atomic mass is 10.2. The van der Waals surface area contributed by atoms with Crippen LogP contribution in [0.4, 0.5) is 0 Å². The van der Waals surface area contributed by atoms with Crippen LogP contribution in [-0.2, 0) is 19.6 Å². The molecule has 1 aromatic rings. The van der Waals surface area contributed by atoms with Gasteiger partial charge in [-0.25, -0.2) is 9.59 Å². The van der Waals surface area contributed by atoms with Gasteiger partial charge in [0.25, 0.3) is 16.1 Å². The second kappa shape index (κ2) is 5.81. The Bertz CT molecular complexity index is 617. The van der Waals surface area contributed by atoms with Crippen LogP contribution in [0.15, 0.2) is 32.4 Å². The van der Waals surface area contributed by atoms with Gasteiger partial charge in [-0.1, -0.05) is 4.40 Å². The van der Waals surface area contributed by atoms with E-state index >= 15 is 0 Å². The minimum atomic E-state index is -4.24. The maximum absolute atomic E-state index is 11.7. The monoisotopic (exact) mass is 287 g/mol. The van der Waals surface area contributed by atoms with Gasteiger partial charge in [0.05, 0.1) is 12.7 Å². The molecule has 0 saturated heterocycles. The van der Waals surface area contributed by atoms with Crippen LogP contribution < -0.4 is 0 Å².